The molecule has 0 aromatic rings. The molecule has 1 aliphatic rings. The Morgan fingerprint density at radius 3 is 2.80 bits per heavy atom. The van der Waals surface area contributed by atoms with E-state index in [0.717, 1.165) is 19.8 Å². The molecule has 0 unspecified atom stereocenters. The van der Waals surface area contributed by atoms with Gasteiger partial charge in [-0.15, -0.1) is 0 Å². The van der Waals surface area contributed by atoms with Crippen LogP contribution in [0, 0.1) is 5.92 Å². The largest absolute Gasteiger partial charge is 0.381 e. The highest BCUT2D eigenvalue weighted by Crippen LogP contribution is 2.13. The standard InChI is InChI=1S/C7H13NO2/c1-2-8-7(9)3-6-4-10-5-6/h6H,2-5H2,1H3,(H,8,9). The predicted molar refractivity (Wildman–Crippen MR) is 37.6 cm³/mol. The molecule has 0 bridgehead atoms. The van der Waals surface area contributed by atoms with Crippen LogP contribution < -0.4 is 5.32 Å². The van der Waals surface area contributed by atoms with E-state index in [1.807, 2.05) is 6.92 Å². The van der Waals surface area contributed by atoms with Crippen molar-refractivity contribution >= 4 is 5.91 Å². The molecule has 1 rings (SSSR count). The summed E-state index contributed by atoms with van der Waals surface area (Å²) in [6.07, 6.45) is 0.633. The highest BCUT2D eigenvalue weighted by Gasteiger charge is 2.20. The van der Waals surface area contributed by atoms with Crippen molar-refractivity contribution in [3.8, 4) is 0 Å². The molecule has 0 spiro atoms. The molecule has 3 nitrogen and oxygen atoms in total. The van der Waals surface area contributed by atoms with Gasteiger partial charge in [-0.3, -0.25) is 4.79 Å². The second-order valence-corrected chi connectivity index (χ2v) is 2.56. The normalized spacial score (nSPS) is 18.1. The summed E-state index contributed by atoms with van der Waals surface area (Å²) in [6.45, 7) is 4.18. The lowest BCUT2D eigenvalue weighted by molar-refractivity contribution is -0.126. The zero-order valence-electron chi connectivity index (χ0n) is 6.22. The van der Waals surface area contributed by atoms with Crippen molar-refractivity contribution in [2.75, 3.05) is 19.8 Å². The topological polar surface area (TPSA) is 38.3 Å². The fourth-order valence-electron chi connectivity index (χ4n) is 0.934. The highest BCUT2D eigenvalue weighted by atomic mass is 16.5. The Hall–Kier alpha value is -0.570. The van der Waals surface area contributed by atoms with Crippen LogP contribution in [0.15, 0.2) is 0 Å². The van der Waals surface area contributed by atoms with Crippen molar-refractivity contribution in [2.24, 2.45) is 5.92 Å². The fourth-order valence-corrected chi connectivity index (χ4v) is 0.934. The van der Waals surface area contributed by atoms with Crippen molar-refractivity contribution in [1.29, 1.82) is 0 Å². The van der Waals surface area contributed by atoms with Crippen LogP contribution in [0.5, 0.6) is 0 Å². The summed E-state index contributed by atoms with van der Waals surface area (Å²) in [5.41, 5.74) is 0. The summed E-state index contributed by atoms with van der Waals surface area (Å²) in [7, 11) is 0. The number of amides is 1. The fraction of sp³-hybridized carbons (Fsp3) is 0.857. The van der Waals surface area contributed by atoms with Crippen LogP contribution in [-0.4, -0.2) is 25.7 Å². The van der Waals surface area contributed by atoms with Gasteiger partial charge in [0.15, 0.2) is 0 Å². The maximum absolute atomic E-state index is 10.9. The summed E-state index contributed by atoms with van der Waals surface area (Å²) in [4.78, 5) is 10.9. The van der Waals surface area contributed by atoms with Gasteiger partial charge in [0.1, 0.15) is 0 Å². The van der Waals surface area contributed by atoms with Crippen molar-refractivity contribution in [2.45, 2.75) is 13.3 Å². The first kappa shape index (κ1) is 7.54. The van der Waals surface area contributed by atoms with Gasteiger partial charge < -0.3 is 10.1 Å². The third-order valence-electron chi connectivity index (χ3n) is 1.56. The summed E-state index contributed by atoms with van der Waals surface area (Å²) in [5.74, 6) is 0.627. The van der Waals surface area contributed by atoms with Gasteiger partial charge in [0.25, 0.3) is 0 Å². The molecule has 3 heteroatoms. The van der Waals surface area contributed by atoms with Crippen LogP contribution in [0.1, 0.15) is 13.3 Å². The Bertz CT molecular complexity index is 121. The predicted octanol–water partition coefficient (Wildman–Crippen LogP) is 0.159. The van der Waals surface area contributed by atoms with E-state index in [2.05, 4.69) is 5.32 Å². The van der Waals surface area contributed by atoms with Crippen LogP contribution >= 0.6 is 0 Å². The van der Waals surface area contributed by atoms with E-state index in [1.54, 1.807) is 0 Å². The first-order valence-electron chi connectivity index (χ1n) is 3.67. The monoisotopic (exact) mass is 143 g/mol. The molecule has 1 aliphatic heterocycles. The van der Waals surface area contributed by atoms with E-state index in [9.17, 15) is 4.79 Å². The van der Waals surface area contributed by atoms with Gasteiger partial charge >= 0.3 is 0 Å². The maximum atomic E-state index is 10.9. The Morgan fingerprint density at radius 1 is 1.70 bits per heavy atom. The smallest absolute Gasteiger partial charge is 0.220 e. The van der Waals surface area contributed by atoms with E-state index < -0.39 is 0 Å². The van der Waals surface area contributed by atoms with Crippen LogP contribution in [0.3, 0.4) is 0 Å². The number of carbonyl (C=O) groups is 1. The van der Waals surface area contributed by atoms with Crippen LogP contribution in [0.4, 0.5) is 0 Å². The number of hydrogen-bond acceptors (Lipinski definition) is 2. The summed E-state index contributed by atoms with van der Waals surface area (Å²) in [6, 6.07) is 0. The third-order valence-corrected chi connectivity index (χ3v) is 1.56. The van der Waals surface area contributed by atoms with Crippen LogP contribution in [0.25, 0.3) is 0 Å². The molecular formula is C7H13NO2. The number of ether oxygens (including phenoxy) is 1. The number of carbonyl (C=O) groups excluding carboxylic acids is 1. The van der Waals surface area contributed by atoms with Crippen molar-refractivity contribution < 1.29 is 9.53 Å². The molecule has 1 heterocycles. The first-order valence-corrected chi connectivity index (χ1v) is 3.67. The summed E-state index contributed by atoms with van der Waals surface area (Å²) < 4.78 is 4.93. The SMILES string of the molecule is CCNC(=O)CC1COC1. The molecule has 1 N–H and O–H groups in total. The van der Waals surface area contributed by atoms with Crippen molar-refractivity contribution in [3.05, 3.63) is 0 Å². The molecule has 0 atom stereocenters. The zero-order chi connectivity index (χ0) is 7.40. The molecule has 0 aromatic carbocycles. The van der Waals surface area contributed by atoms with Gasteiger partial charge in [-0.25, -0.2) is 0 Å². The quantitative estimate of drug-likeness (QED) is 0.611. The number of rotatable bonds is 3. The number of nitrogens with one attached hydrogen (secondary N) is 1. The molecule has 0 radical (unpaired) electrons. The van der Waals surface area contributed by atoms with E-state index in [4.69, 9.17) is 4.74 Å². The minimum atomic E-state index is 0.149. The van der Waals surface area contributed by atoms with E-state index in [0.29, 0.717) is 12.3 Å². The molecule has 1 saturated heterocycles. The lowest BCUT2D eigenvalue weighted by atomic mass is 10.0. The first-order chi connectivity index (χ1) is 4.83. The van der Waals surface area contributed by atoms with E-state index in [-0.39, 0.29) is 5.91 Å². The Kier molecular flexibility index (Phi) is 2.68. The van der Waals surface area contributed by atoms with Crippen LogP contribution in [-0.2, 0) is 9.53 Å². The summed E-state index contributed by atoms with van der Waals surface area (Å²) >= 11 is 0. The lowest BCUT2D eigenvalue weighted by Gasteiger charge is -2.24. The Morgan fingerprint density at radius 2 is 2.40 bits per heavy atom. The highest BCUT2D eigenvalue weighted by molar-refractivity contribution is 5.76. The Balaban J connectivity index is 2.05. The van der Waals surface area contributed by atoms with E-state index >= 15 is 0 Å². The van der Waals surface area contributed by atoms with Gasteiger partial charge in [0.2, 0.25) is 5.91 Å². The van der Waals surface area contributed by atoms with Gasteiger partial charge in [-0.05, 0) is 6.92 Å². The van der Waals surface area contributed by atoms with E-state index in [1.165, 1.54) is 0 Å². The molecule has 58 valence electrons. The van der Waals surface area contributed by atoms with Crippen LogP contribution in [0.2, 0.25) is 0 Å². The third kappa shape index (κ3) is 1.99. The van der Waals surface area contributed by atoms with Gasteiger partial charge in [-0.1, -0.05) is 0 Å². The molecule has 10 heavy (non-hydrogen) atoms. The molecule has 0 saturated carbocycles. The minimum absolute atomic E-state index is 0.149. The van der Waals surface area contributed by atoms with Gasteiger partial charge in [-0.2, -0.15) is 0 Å². The molecule has 1 fully saturated rings. The van der Waals surface area contributed by atoms with Crippen molar-refractivity contribution in [3.63, 3.8) is 0 Å². The second-order valence-electron chi connectivity index (χ2n) is 2.56. The average molecular weight is 143 g/mol. The zero-order valence-corrected chi connectivity index (χ0v) is 6.22. The average Bonchev–Trinajstić information content (AvgIpc) is 1.80. The molecule has 0 aromatic heterocycles. The summed E-state index contributed by atoms with van der Waals surface area (Å²) in [5, 5.41) is 2.75. The molecule has 1 amide bonds. The minimum Gasteiger partial charge on any atom is -0.381 e. The lowest BCUT2D eigenvalue weighted by Crippen LogP contribution is -2.34. The number of hydrogen-bond donors (Lipinski definition) is 1. The van der Waals surface area contributed by atoms with Gasteiger partial charge in [0.05, 0.1) is 13.2 Å². The Labute approximate surface area is 60.7 Å². The maximum Gasteiger partial charge on any atom is 0.220 e. The van der Waals surface area contributed by atoms with Gasteiger partial charge in [0, 0.05) is 18.9 Å². The molecule has 0 aliphatic carbocycles. The molecular weight excluding hydrogens is 130 g/mol. The van der Waals surface area contributed by atoms with Crippen molar-refractivity contribution in [1.82, 2.24) is 5.32 Å². The second kappa shape index (κ2) is 3.56.